The molecule has 0 saturated heterocycles. The molecule has 0 unspecified atom stereocenters. The van der Waals surface area contributed by atoms with Crippen LogP contribution in [0, 0.1) is 6.92 Å². The number of hydrogen-bond acceptors (Lipinski definition) is 6. The van der Waals surface area contributed by atoms with Gasteiger partial charge >= 0.3 is 0 Å². The van der Waals surface area contributed by atoms with Crippen LogP contribution in [-0.4, -0.2) is 26.4 Å². The van der Waals surface area contributed by atoms with Crippen molar-refractivity contribution in [2.75, 3.05) is 17.7 Å². The smallest absolute Gasteiger partial charge is 0.249 e. The van der Waals surface area contributed by atoms with Gasteiger partial charge in [0.1, 0.15) is 5.69 Å². The number of carbonyl (C=O) groups excluding carboxylic acids is 1. The molecule has 1 aromatic carbocycles. The summed E-state index contributed by atoms with van der Waals surface area (Å²) in [5.74, 6) is -0.215. The van der Waals surface area contributed by atoms with Crippen molar-refractivity contribution in [2.45, 2.75) is 17.6 Å². The number of pyridine rings is 1. The van der Waals surface area contributed by atoms with E-state index in [1.807, 2.05) is 36.4 Å². The van der Waals surface area contributed by atoms with Gasteiger partial charge in [-0.3, -0.25) is 9.69 Å². The maximum Gasteiger partial charge on any atom is 0.249 e. The first-order chi connectivity index (χ1) is 13.2. The molecule has 0 bridgehead atoms. The zero-order valence-electron chi connectivity index (χ0n) is 15.3. The van der Waals surface area contributed by atoms with Crippen molar-refractivity contribution in [2.24, 2.45) is 5.14 Å². The van der Waals surface area contributed by atoms with E-state index in [1.165, 1.54) is 4.90 Å². The second-order valence-electron chi connectivity index (χ2n) is 6.24. The second kappa shape index (κ2) is 7.66. The molecule has 2 aromatic heterocycles. The lowest BCUT2D eigenvalue weighted by atomic mass is 10.1. The molecule has 0 fully saturated rings. The molecule has 0 saturated carbocycles. The molecule has 2 heterocycles. The number of amides is 1. The van der Waals surface area contributed by atoms with Crippen LogP contribution in [0.2, 0.25) is 0 Å². The van der Waals surface area contributed by atoms with E-state index < -0.39 is 10.0 Å². The molecule has 0 aliphatic carbocycles. The number of anilines is 2. The van der Waals surface area contributed by atoms with E-state index in [0.29, 0.717) is 5.69 Å². The number of hydrogen-bond donors (Lipinski definition) is 2. The Balaban J connectivity index is 1.75. The summed E-state index contributed by atoms with van der Waals surface area (Å²) in [6.07, 6.45) is 1.94. The van der Waals surface area contributed by atoms with Crippen molar-refractivity contribution in [3.63, 3.8) is 0 Å². The zero-order chi connectivity index (χ0) is 20.5. The molecular weight excluding hydrogens is 398 g/mol. The number of nitrogens with two attached hydrogens (primary N) is 2. The third-order valence-electron chi connectivity index (χ3n) is 4.15. The Morgan fingerprint density at radius 1 is 1.25 bits per heavy atom. The van der Waals surface area contributed by atoms with Crippen LogP contribution in [0.15, 0.2) is 46.8 Å². The molecule has 5 N–H and O–H groups in total. The van der Waals surface area contributed by atoms with Gasteiger partial charge in [0, 0.05) is 18.7 Å². The Labute approximate surface area is 166 Å². The van der Waals surface area contributed by atoms with Crippen LogP contribution in [0.1, 0.15) is 11.3 Å². The number of nitrogen functional groups attached to an aromatic ring is 1. The van der Waals surface area contributed by atoms with Gasteiger partial charge in [-0.2, -0.15) is 0 Å². The van der Waals surface area contributed by atoms with Gasteiger partial charge in [-0.25, -0.2) is 23.5 Å². The Hall–Kier alpha value is -2.82. The molecule has 3 rings (SSSR count). The van der Waals surface area contributed by atoms with Crippen molar-refractivity contribution >= 4 is 38.1 Å². The number of primary sulfonamides is 1. The number of thiazole rings is 1. The number of sulfonamides is 1. The highest BCUT2D eigenvalue weighted by Crippen LogP contribution is 2.29. The minimum absolute atomic E-state index is 0.0387. The summed E-state index contributed by atoms with van der Waals surface area (Å²) < 4.78 is 23.1. The SMILES string of the molecule is Cc1nc(N(C)C(=O)Cc2ccc(-c3[nH+]cccc3N)cc2)sc1S(N)(=O)=O. The summed E-state index contributed by atoms with van der Waals surface area (Å²) in [7, 11) is -2.30. The Kier molecular flexibility index (Phi) is 5.45. The van der Waals surface area contributed by atoms with Gasteiger partial charge in [-0.05, 0) is 30.7 Å². The van der Waals surface area contributed by atoms with E-state index in [2.05, 4.69) is 9.97 Å². The molecular formula is C18H20N5O3S2+. The minimum Gasteiger partial charge on any atom is -0.393 e. The molecule has 8 nitrogen and oxygen atoms in total. The van der Waals surface area contributed by atoms with Crippen molar-refractivity contribution in [3.05, 3.63) is 53.9 Å². The van der Waals surface area contributed by atoms with Crippen molar-refractivity contribution < 1.29 is 18.2 Å². The summed E-state index contributed by atoms with van der Waals surface area (Å²) in [5.41, 5.74) is 9.43. The minimum atomic E-state index is -3.86. The van der Waals surface area contributed by atoms with E-state index in [1.54, 1.807) is 20.2 Å². The second-order valence-corrected chi connectivity index (χ2v) is 8.98. The Morgan fingerprint density at radius 2 is 1.93 bits per heavy atom. The first-order valence-electron chi connectivity index (χ1n) is 8.29. The summed E-state index contributed by atoms with van der Waals surface area (Å²) in [4.78, 5) is 21.2. The quantitative estimate of drug-likeness (QED) is 0.645. The number of aryl methyl sites for hydroxylation is 1. The van der Waals surface area contributed by atoms with Gasteiger partial charge in [0.05, 0.1) is 12.1 Å². The normalized spacial score (nSPS) is 11.4. The van der Waals surface area contributed by atoms with Gasteiger partial charge in [-0.1, -0.05) is 23.5 Å². The number of nitrogens with one attached hydrogen (secondary N) is 1. The van der Waals surface area contributed by atoms with Crippen molar-refractivity contribution in [1.82, 2.24) is 4.98 Å². The maximum absolute atomic E-state index is 12.6. The number of aromatic amines is 1. The molecule has 0 radical (unpaired) electrons. The fourth-order valence-electron chi connectivity index (χ4n) is 2.67. The number of aromatic nitrogens is 2. The highest BCUT2D eigenvalue weighted by Gasteiger charge is 2.22. The molecule has 146 valence electrons. The standard InChI is InChI=1S/C18H19N5O3S2/c1-11-17(28(20,25)26)27-18(22-11)23(2)15(24)10-12-5-7-13(8-6-12)16-14(19)4-3-9-21-16/h3-9H,10,19H2,1-2H3,(H2,20,25,26)/p+1. The fraction of sp³-hybridized carbons (Fsp3) is 0.167. The van der Waals surface area contributed by atoms with E-state index in [4.69, 9.17) is 10.9 Å². The van der Waals surface area contributed by atoms with Crippen LogP contribution in [0.25, 0.3) is 11.3 Å². The first-order valence-corrected chi connectivity index (χ1v) is 10.7. The number of nitrogens with zero attached hydrogens (tertiary/aromatic N) is 2. The van der Waals surface area contributed by atoms with E-state index in [-0.39, 0.29) is 27.4 Å². The number of carbonyl (C=O) groups is 1. The number of benzene rings is 1. The fourth-order valence-corrected chi connectivity index (χ4v) is 4.59. The van der Waals surface area contributed by atoms with Gasteiger partial charge in [0.15, 0.2) is 15.5 Å². The third-order valence-corrected chi connectivity index (χ3v) is 6.94. The summed E-state index contributed by atoms with van der Waals surface area (Å²) in [6, 6.07) is 11.1. The summed E-state index contributed by atoms with van der Waals surface area (Å²) >= 11 is 0.878. The van der Waals surface area contributed by atoms with Crippen LogP contribution < -0.4 is 20.8 Å². The number of likely N-dealkylation sites (N-methyl/N-ethyl adjacent to an activating group) is 1. The van der Waals surface area contributed by atoms with E-state index in [0.717, 1.165) is 28.2 Å². The largest absolute Gasteiger partial charge is 0.393 e. The summed E-state index contributed by atoms with van der Waals surface area (Å²) in [5, 5.41) is 5.46. The predicted octanol–water partition coefficient (Wildman–Crippen LogP) is 1.37. The average Bonchev–Trinajstić information content (AvgIpc) is 3.04. The third kappa shape index (κ3) is 4.19. The van der Waals surface area contributed by atoms with Crippen molar-refractivity contribution in [1.29, 1.82) is 0 Å². The average molecular weight is 419 g/mol. The van der Waals surface area contributed by atoms with Crippen LogP contribution in [0.5, 0.6) is 0 Å². The molecule has 1 amide bonds. The van der Waals surface area contributed by atoms with Crippen LogP contribution in [0.4, 0.5) is 10.8 Å². The lowest BCUT2D eigenvalue weighted by molar-refractivity contribution is -0.363. The van der Waals surface area contributed by atoms with Crippen molar-refractivity contribution in [3.8, 4) is 11.3 Å². The predicted molar refractivity (Wildman–Crippen MR) is 108 cm³/mol. The van der Waals surface area contributed by atoms with Gasteiger partial charge in [-0.15, -0.1) is 0 Å². The van der Waals surface area contributed by atoms with Crippen LogP contribution >= 0.6 is 11.3 Å². The molecule has 0 aliphatic heterocycles. The molecule has 3 aromatic rings. The molecule has 0 spiro atoms. The highest BCUT2D eigenvalue weighted by atomic mass is 32.2. The van der Waals surface area contributed by atoms with Gasteiger partial charge < -0.3 is 5.73 Å². The Morgan fingerprint density at radius 3 is 2.50 bits per heavy atom. The molecule has 28 heavy (non-hydrogen) atoms. The zero-order valence-corrected chi connectivity index (χ0v) is 17.0. The first kappa shape index (κ1) is 19.9. The topological polar surface area (TPSA) is 134 Å². The van der Waals surface area contributed by atoms with Gasteiger partial charge in [0.25, 0.3) is 0 Å². The lowest BCUT2D eigenvalue weighted by Crippen LogP contribution is -2.27. The molecule has 0 aliphatic rings. The van der Waals surface area contributed by atoms with Crippen LogP contribution in [0.3, 0.4) is 0 Å². The maximum atomic E-state index is 12.6. The van der Waals surface area contributed by atoms with Gasteiger partial charge in [0.2, 0.25) is 21.6 Å². The molecule has 0 atom stereocenters. The summed E-state index contributed by atoms with van der Waals surface area (Å²) in [6.45, 7) is 1.54. The molecule has 10 heteroatoms. The highest BCUT2D eigenvalue weighted by molar-refractivity contribution is 7.91. The number of rotatable bonds is 5. The van der Waals surface area contributed by atoms with E-state index >= 15 is 0 Å². The van der Waals surface area contributed by atoms with Crippen LogP contribution in [-0.2, 0) is 21.2 Å². The Bertz CT molecular complexity index is 1120. The number of H-pyrrole nitrogens is 1. The monoisotopic (exact) mass is 418 g/mol. The lowest BCUT2D eigenvalue weighted by Gasteiger charge is -2.13. The van der Waals surface area contributed by atoms with E-state index in [9.17, 15) is 13.2 Å².